The zero-order valence-electron chi connectivity index (χ0n) is 32.6. The van der Waals surface area contributed by atoms with Crippen LogP contribution in [0.4, 0.5) is 0 Å². The number of rotatable bonds is 11. The minimum absolute atomic E-state index is 0. The van der Waals surface area contributed by atoms with Crippen LogP contribution in [0.25, 0.3) is 10.7 Å². The molecule has 4 aliphatic rings. The van der Waals surface area contributed by atoms with Crippen LogP contribution in [0.15, 0.2) is 46.2 Å². The van der Waals surface area contributed by atoms with E-state index < -0.39 is 42.7 Å². The number of ether oxygens (including phenoxy) is 2. The number of nitrogens with one attached hydrogen (secondary N) is 2. The van der Waals surface area contributed by atoms with Crippen molar-refractivity contribution in [3.63, 3.8) is 0 Å². The van der Waals surface area contributed by atoms with E-state index in [1.165, 1.54) is 29.9 Å². The van der Waals surface area contributed by atoms with Crippen molar-refractivity contribution >= 4 is 45.2 Å². The van der Waals surface area contributed by atoms with Crippen molar-refractivity contribution < 1.29 is 29.9 Å². The first-order chi connectivity index (χ1) is 28.6. The number of aryl methyl sites for hydroxylation is 2. The number of thiophene rings is 1. The van der Waals surface area contributed by atoms with Gasteiger partial charge < -0.3 is 40.5 Å². The summed E-state index contributed by atoms with van der Waals surface area (Å²) >= 11 is 4.46. The van der Waals surface area contributed by atoms with Crippen molar-refractivity contribution in [1.82, 2.24) is 70.2 Å². The molecular formula is C36H54N16O6S3. The lowest BCUT2D eigenvalue weighted by Crippen LogP contribution is -2.59. The Kier molecular flexibility index (Phi) is 15.3. The molecule has 5 aromatic heterocycles. The van der Waals surface area contributed by atoms with Crippen LogP contribution in [-0.2, 0) is 35.7 Å². The van der Waals surface area contributed by atoms with E-state index in [1.54, 1.807) is 42.5 Å². The first-order valence-corrected chi connectivity index (χ1v) is 21.8. The second kappa shape index (κ2) is 20.2. The van der Waals surface area contributed by atoms with Crippen LogP contribution in [0.3, 0.4) is 0 Å². The van der Waals surface area contributed by atoms with Crippen LogP contribution in [0.1, 0.15) is 51.7 Å². The molecule has 9 rings (SSSR count). The van der Waals surface area contributed by atoms with Gasteiger partial charge in [-0.1, -0.05) is 54.9 Å². The number of hydrogen-bond acceptors (Lipinski definition) is 19. The molecule has 10 atom stereocenters. The molecule has 61 heavy (non-hydrogen) atoms. The van der Waals surface area contributed by atoms with E-state index in [1.807, 2.05) is 45.2 Å². The highest BCUT2D eigenvalue weighted by molar-refractivity contribution is 8.14. The van der Waals surface area contributed by atoms with Crippen LogP contribution in [-0.4, -0.2) is 163 Å². The van der Waals surface area contributed by atoms with Gasteiger partial charge in [0.25, 0.3) is 0 Å². The van der Waals surface area contributed by atoms with E-state index in [4.69, 9.17) is 9.47 Å². The summed E-state index contributed by atoms with van der Waals surface area (Å²) < 4.78 is 18.8. The number of aliphatic hydroxyl groups excluding tert-OH is 4. The first-order valence-electron chi connectivity index (χ1n) is 19.1. The van der Waals surface area contributed by atoms with E-state index in [0.29, 0.717) is 37.7 Å². The highest BCUT2D eigenvalue weighted by atomic mass is 32.2. The van der Waals surface area contributed by atoms with Gasteiger partial charge >= 0.3 is 0 Å². The Balaban J connectivity index is 0.000000199. The van der Waals surface area contributed by atoms with Gasteiger partial charge in [-0.2, -0.15) is 10.2 Å². The summed E-state index contributed by atoms with van der Waals surface area (Å²) in [6.45, 7) is 10.3. The number of thioether (sulfide) groups is 2. The van der Waals surface area contributed by atoms with Crippen molar-refractivity contribution in [3.05, 3.63) is 59.3 Å². The van der Waals surface area contributed by atoms with Crippen LogP contribution < -0.4 is 10.6 Å². The Bertz CT molecular complexity index is 2230. The molecule has 0 radical (unpaired) electrons. The first kappa shape index (κ1) is 46.2. The second-order valence-corrected chi connectivity index (χ2v) is 17.3. The van der Waals surface area contributed by atoms with Crippen molar-refractivity contribution in [2.45, 2.75) is 128 Å². The fraction of sp³-hybridized carbons (Fsp3) is 0.611. The van der Waals surface area contributed by atoms with E-state index in [0.717, 1.165) is 32.6 Å². The lowest BCUT2D eigenvalue weighted by Gasteiger charge is -2.38. The summed E-state index contributed by atoms with van der Waals surface area (Å²) in [6, 6.07) is 3.19. The molecule has 5 aromatic rings. The van der Waals surface area contributed by atoms with Gasteiger partial charge in [-0.25, -0.2) is 28.7 Å². The van der Waals surface area contributed by atoms with Gasteiger partial charge in [-0.3, -0.25) is 9.98 Å². The summed E-state index contributed by atoms with van der Waals surface area (Å²) in [6.07, 6.45) is -0.130. The van der Waals surface area contributed by atoms with Gasteiger partial charge in [-0.15, -0.1) is 21.5 Å². The van der Waals surface area contributed by atoms with E-state index in [9.17, 15) is 20.4 Å². The van der Waals surface area contributed by atoms with E-state index in [2.05, 4.69) is 61.4 Å². The van der Waals surface area contributed by atoms with Gasteiger partial charge in [0.1, 0.15) is 76.9 Å². The fourth-order valence-electron chi connectivity index (χ4n) is 7.06. The summed E-state index contributed by atoms with van der Waals surface area (Å²) in [4.78, 5) is 18.3. The maximum atomic E-state index is 10.6. The predicted molar refractivity (Wildman–Crippen MR) is 231 cm³/mol. The number of hydrogen-bond donors (Lipinski definition) is 6. The van der Waals surface area contributed by atoms with Crippen molar-refractivity contribution in [1.29, 1.82) is 0 Å². The number of nitrogens with zero attached hydrogens (tertiary/aromatic N) is 14. The standard InChI is InChI=1S/C18H22N8O3S2.C16H24N8O3S.2CH4/c1-2-19-18-22-13-15(28)14(27)11(29-17(13)31-18)8-25-6-10(23-24-25)7-26-16(20-9-21-26)12-4-3-5-30-12;1-4-17-16-19-12-14(26)13(25)11(27-15(12)28-16)7-23-5-10(20-22-23)6-24-9(3)18-8(2)21-24;;/h3-6,9,11,13-15,17,27-28H,2,7-8H2,1H3,(H,19,22);5,11-15,25-26H,4,6-7H2,1-3H3,(H,17,19);2*1H4/t11-,13-,14-,15-,17-;11-,12-,13-,14-,15-;;/m11../s1. The summed E-state index contributed by atoms with van der Waals surface area (Å²) in [5.74, 6) is 2.29. The van der Waals surface area contributed by atoms with Crippen molar-refractivity contribution in [3.8, 4) is 10.7 Å². The largest absolute Gasteiger partial charge is 0.388 e. The maximum absolute atomic E-state index is 10.6. The molecule has 4 aliphatic heterocycles. The second-order valence-electron chi connectivity index (χ2n) is 14.1. The minimum atomic E-state index is -1.05. The number of amidine groups is 2. The number of aliphatic imine (C=N–C) groups is 2. The molecule has 4 saturated heterocycles. The molecule has 0 spiro atoms. The van der Waals surface area contributed by atoms with Crippen LogP contribution in [0.2, 0.25) is 0 Å². The molecule has 0 saturated carbocycles. The number of fused-ring (bicyclic) bond motifs is 2. The lowest BCUT2D eigenvalue weighted by atomic mass is 9.98. The molecule has 22 nitrogen and oxygen atoms in total. The van der Waals surface area contributed by atoms with Gasteiger partial charge in [-0.05, 0) is 39.1 Å². The van der Waals surface area contributed by atoms with Crippen molar-refractivity contribution in [2.75, 3.05) is 13.1 Å². The Labute approximate surface area is 365 Å². The molecule has 0 unspecified atom stereocenters. The monoisotopic (exact) mass is 902 g/mol. The topological polar surface area (TPSA) is 271 Å². The highest BCUT2D eigenvalue weighted by Gasteiger charge is 2.50. The Morgan fingerprint density at radius 2 is 1.31 bits per heavy atom. The van der Waals surface area contributed by atoms with Gasteiger partial charge in [0.2, 0.25) is 0 Å². The molecule has 9 heterocycles. The number of aliphatic hydroxyl groups is 4. The Hall–Kier alpha value is -4.34. The molecule has 6 N–H and O–H groups in total. The summed E-state index contributed by atoms with van der Waals surface area (Å²) in [5, 5.41) is 77.1. The molecular weight excluding hydrogens is 849 g/mol. The summed E-state index contributed by atoms with van der Waals surface area (Å²) in [5.41, 5.74) is 0.810. The Morgan fingerprint density at radius 3 is 1.79 bits per heavy atom. The van der Waals surface area contributed by atoms with Crippen molar-refractivity contribution in [2.24, 2.45) is 9.98 Å². The molecule has 0 amide bonds. The molecule has 25 heteroatoms. The average molecular weight is 903 g/mol. The average Bonchev–Trinajstić information content (AvgIpc) is 4.07. The molecule has 0 bridgehead atoms. The highest BCUT2D eigenvalue weighted by Crippen LogP contribution is 2.35. The third-order valence-corrected chi connectivity index (χ3v) is 13.0. The zero-order chi connectivity index (χ0) is 41.2. The normalized spacial score (nSPS) is 29.2. The van der Waals surface area contributed by atoms with Crippen LogP contribution >= 0.6 is 34.9 Å². The molecule has 0 aliphatic carbocycles. The predicted octanol–water partition coefficient (Wildman–Crippen LogP) is 0.509. The van der Waals surface area contributed by atoms with E-state index >= 15 is 0 Å². The van der Waals surface area contributed by atoms with Crippen LogP contribution in [0.5, 0.6) is 0 Å². The smallest absolute Gasteiger partial charge is 0.168 e. The minimum Gasteiger partial charge on any atom is -0.388 e. The molecule has 0 aromatic carbocycles. The third kappa shape index (κ3) is 10.3. The van der Waals surface area contributed by atoms with E-state index in [-0.39, 0.29) is 44.9 Å². The molecule has 4 fully saturated rings. The maximum Gasteiger partial charge on any atom is 0.168 e. The summed E-state index contributed by atoms with van der Waals surface area (Å²) in [7, 11) is 0. The number of aromatic nitrogens is 12. The SMILES string of the molecule is C.C.CCN=C1N[C@@H]2[C@@H](O)[C@H](O)[C@@H](Cn3cc(Cn4nc(C)nc4C)nn3)O[C@@H]2S1.CCN=C1N[C@@H]2[C@@H](O)[C@H](O)[C@@H](Cn3cc(Cn4ncnc4-c4cccs4)nn3)O[C@@H]2S1. The lowest BCUT2D eigenvalue weighted by molar-refractivity contribution is -0.160. The fourth-order valence-corrected chi connectivity index (χ4v) is 10.2. The van der Waals surface area contributed by atoms with Gasteiger partial charge in [0.15, 0.2) is 16.2 Å². The van der Waals surface area contributed by atoms with Crippen LogP contribution in [0, 0.1) is 13.8 Å². The Morgan fingerprint density at radius 1 is 0.770 bits per heavy atom. The van der Waals surface area contributed by atoms with Gasteiger partial charge in [0.05, 0.1) is 55.5 Å². The molecule has 332 valence electrons. The zero-order valence-corrected chi connectivity index (χ0v) is 35.0. The third-order valence-electron chi connectivity index (χ3n) is 9.89. The van der Waals surface area contributed by atoms with Gasteiger partial charge in [0, 0.05) is 13.1 Å². The quantitative estimate of drug-likeness (QED) is 0.105.